The van der Waals surface area contributed by atoms with Gasteiger partial charge in [0.25, 0.3) is 0 Å². The maximum absolute atomic E-state index is 12.2. The number of hydrogen-bond acceptors (Lipinski definition) is 3. The van der Waals surface area contributed by atoms with Gasteiger partial charge in [-0.2, -0.15) is 0 Å². The Kier molecular flexibility index (Phi) is 5.99. The van der Waals surface area contributed by atoms with Gasteiger partial charge in [-0.05, 0) is 33.1 Å². The van der Waals surface area contributed by atoms with Crippen LogP contribution >= 0.6 is 0 Å². The lowest BCUT2D eigenvalue weighted by Crippen LogP contribution is -2.48. The van der Waals surface area contributed by atoms with E-state index in [0.29, 0.717) is 25.9 Å². The molecule has 20 heavy (non-hydrogen) atoms. The number of carboxylic acids is 1. The van der Waals surface area contributed by atoms with E-state index in [1.165, 1.54) is 0 Å². The Labute approximate surface area is 121 Å². The van der Waals surface area contributed by atoms with Crippen molar-refractivity contribution in [3.63, 3.8) is 0 Å². The molecule has 1 rings (SSSR count). The zero-order valence-electron chi connectivity index (χ0n) is 13.1. The Morgan fingerprint density at radius 3 is 2.45 bits per heavy atom. The van der Waals surface area contributed by atoms with Gasteiger partial charge >= 0.3 is 5.97 Å². The molecule has 1 heterocycles. The molecule has 3 unspecified atom stereocenters. The highest BCUT2D eigenvalue weighted by Crippen LogP contribution is 2.35. The molecule has 1 fully saturated rings. The maximum Gasteiger partial charge on any atom is 0.310 e. The molecule has 5 heteroatoms. The minimum absolute atomic E-state index is 0.00300. The molecule has 0 aliphatic carbocycles. The van der Waals surface area contributed by atoms with E-state index in [1.807, 2.05) is 25.7 Å². The van der Waals surface area contributed by atoms with Crippen molar-refractivity contribution in [2.24, 2.45) is 5.41 Å². The van der Waals surface area contributed by atoms with Crippen LogP contribution in [0.4, 0.5) is 0 Å². The molecule has 0 saturated carbocycles. The van der Waals surface area contributed by atoms with E-state index in [2.05, 4.69) is 12.2 Å². The number of aliphatic carboxylic acids is 1. The third kappa shape index (κ3) is 3.72. The first kappa shape index (κ1) is 17.0. The maximum atomic E-state index is 12.2. The number of rotatable bonds is 7. The first-order valence-electron chi connectivity index (χ1n) is 7.64. The molecule has 5 nitrogen and oxygen atoms in total. The van der Waals surface area contributed by atoms with Crippen molar-refractivity contribution in [2.45, 2.75) is 65.5 Å². The summed E-state index contributed by atoms with van der Waals surface area (Å²) < 4.78 is 0. The van der Waals surface area contributed by atoms with E-state index in [-0.39, 0.29) is 18.0 Å². The van der Waals surface area contributed by atoms with Gasteiger partial charge in [-0.15, -0.1) is 0 Å². The molecule has 1 amide bonds. The second-order valence-corrected chi connectivity index (χ2v) is 6.03. The highest BCUT2D eigenvalue weighted by Gasteiger charge is 2.45. The van der Waals surface area contributed by atoms with E-state index in [4.69, 9.17) is 0 Å². The summed E-state index contributed by atoms with van der Waals surface area (Å²) >= 11 is 0. The lowest BCUT2D eigenvalue weighted by Gasteiger charge is -2.27. The monoisotopic (exact) mass is 284 g/mol. The summed E-state index contributed by atoms with van der Waals surface area (Å²) in [5.41, 5.74) is -0.677. The van der Waals surface area contributed by atoms with Crippen LogP contribution in [-0.4, -0.2) is 47.1 Å². The third-order valence-corrected chi connectivity index (χ3v) is 4.55. The predicted octanol–water partition coefficient (Wildman–Crippen LogP) is 1.87. The SMILES string of the molecule is CCCC(C)NC(=O)C(C)N1CCC(CC)(C(=O)O)C1. The smallest absolute Gasteiger partial charge is 0.310 e. The first-order valence-corrected chi connectivity index (χ1v) is 7.64. The van der Waals surface area contributed by atoms with Crippen LogP contribution in [0.25, 0.3) is 0 Å². The summed E-state index contributed by atoms with van der Waals surface area (Å²) in [4.78, 5) is 25.6. The number of hydrogen-bond donors (Lipinski definition) is 2. The highest BCUT2D eigenvalue weighted by atomic mass is 16.4. The molecule has 1 saturated heterocycles. The molecule has 0 aromatic heterocycles. The summed E-state index contributed by atoms with van der Waals surface area (Å²) in [5.74, 6) is -0.738. The van der Waals surface area contributed by atoms with E-state index in [1.54, 1.807) is 0 Å². The van der Waals surface area contributed by atoms with E-state index < -0.39 is 11.4 Å². The summed E-state index contributed by atoms with van der Waals surface area (Å²) in [6.07, 6.45) is 3.24. The first-order chi connectivity index (χ1) is 9.36. The molecule has 0 radical (unpaired) electrons. The van der Waals surface area contributed by atoms with Gasteiger partial charge in [-0.25, -0.2) is 0 Å². The number of nitrogens with one attached hydrogen (secondary N) is 1. The van der Waals surface area contributed by atoms with Gasteiger partial charge < -0.3 is 10.4 Å². The molecule has 0 aromatic rings. The van der Waals surface area contributed by atoms with E-state index in [9.17, 15) is 14.7 Å². The molecular weight excluding hydrogens is 256 g/mol. The van der Waals surface area contributed by atoms with Gasteiger partial charge in [-0.3, -0.25) is 14.5 Å². The van der Waals surface area contributed by atoms with Crippen LogP contribution in [-0.2, 0) is 9.59 Å². The molecule has 1 aliphatic heterocycles. The van der Waals surface area contributed by atoms with Crippen molar-refractivity contribution < 1.29 is 14.7 Å². The fourth-order valence-corrected chi connectivity index (χ4v) is 2.88. The van der Waals surface area contributed by atoms with Crippen LogP contribution in [0.2, 0.25) is 0 Å². The van der Waals surface area contributed by atoms with Gasteiger partial charge in [-0.1, -0.05) is 20.3 Å². The van der Waals surface area contributed by atoms with Crippen LogP contribution in [0.1, 0.15) is 53.4 Å². The van der Waals surface area contributed by atoms with Crippen LogP contribution < -0.4 is 5.32 Å². The third-order valence-electron chi connectivity index (χ3n) is 4.55. The Balaban J connectivity index is 2.59. The quantitative estimate of drug-likeness (QED) is 0.749. The number of amides is 1. The number of nitrogens with zero attached hydrogens (tertiary/aromatic N) is 1. The van der Waals surface area contributed by atoms with Crippen molar-refractivity contribution >= 4 is 11.9 Å². The van der Waals surface area contributed by atoms with Gasteiger partial charge in [0, 0.05) is 19.1 Å². The largest absolute Gasteiger partial charge is 0.481 e. The lowest BCUT2D eigenvalue weighted by molar-refractivity contribution is -0.148. The second-order valence-electron chi connectivity index (χ2n) is 6.03. The van der Waals surface area contributed by atoms with Gasteiger partial charge in [0.05, 0.1) is 11.5 Å². The van der Waals surface area contributed by atoms with Crippen LogP contribution in [0.5, 0.6) is 0 Å². The molecule has 0 spiro atoms. The average molecular weight is 284 g/mol. The number of carboxylic acid groups (broad SMARTS) is 1. The van der Waals surface area contributed by atoms with Crippen LogP contribution in [0, 0.1) is 5.41 Å². The summed E-state index contributed by atoms with van der Waals surface area (Å²) in [6, 6.07) is -0.0879. The number of carbonyl (C=O) groups excluding carboxylic acids is 1. The Morgan fingerprint density at radius 2 is 2.00 bits per heavy atom. The molecule has 1 aliphatic rings. The molecule has 3 atom stereocenters. The zero-order chi connectivity index (χ0) is 15.3. The minimum Gasteiger partial charge on any atom is -0.481 e. The van der Waals surface area contributed by atoms with E-state index in [0.717, 1.165) is 12.8 Å². The van der Waals surface area contributed by atoms with Gasteiger partial charge in [0.2, 0.25) is 5.91 Å². The highest BCUT2D eigenvalue weighted by molar-refractivity contribution is 5.82. The van der Waals surface area contributed by atoms with E-state index >= 15 is 0 Å². The Morgan fingerprint density at radius 1 is 1.35 bits per heavy atom. The van der Waals surface area contributed by atoms with Crippen molar-refractivity contribution in [2.75, 3.05) is 13.1 Å². The van der Waals surface area contributed by atoms with Crippen molar-refractivity contribution in [3.8, 4) is 0 Å². The predicted molar refractivity (Wildman–Crippen MR) is 78.5 cm³/mol. The topological polar surface area (TPSA) is 69.6 Å². The number of carbonyl (C=O) groups is 2. The molecular formula is C15H28N2O3. The minimum atomic E-state index is -0.741. The molecule has 0 aromatic carbocycles. The Bertz CT molecular complexity index is 359. The van der Waals surface area contributed by atoms with Gasteiger partial charge in [0.15, 0.2) is 0 Å². The fraction of sp³-hybridized carbons (Fsp3) is 0.867. The standard InChI is InChI=1S/C15H28N2O3/c1-5-7-11(3)16-13(18)12(4)17-9-8-15(6-2,10-17)14(19)20/h11-12H,5-10H2,1-4H3,(H,16,18)(H,19,20). The average Bonchev–Trinajstić information content (AvgIpc) is 2.83. The summed E-state index contributed by atoms with van der Waals surface area (Å²) in [6.45, 7) is 9.01. The van der Waals surface area contributed by atoms with Crippen molar-refractivity contribution in [1.82, 2.24) is 10.2 Å². The van der Waals surface area contributed by atoms with Crippen molar-refractivity contribution in [3.05, 3.63) is 0 Å². The summed E-state index contributed by atoms with van der Waals surface area (Å²) in [5, 5.41) is 12.4. The molecule has 0 bridgehead atoms. The normalized spacial score (nSPS) is 26.2. The lowest BCUT2D eigenvalue weighted by atomic mass is 9.84. The second kappa shape index (κ2) is 7.07. The summed E-state index contributed by atoms with van der Waals surface area (Å²) in [7, 11) is 0. The van der Waals surface area contributed by atoms with Crippen LogP contribution in [0.15, 0.2) is 0 Å². The number of likely N-dealkylation sites (tertiary alicyclic amines) is 1. The molecule has 116 valence electrons. The zero-order valence-corrected chi connectivity index (χ0v) is 13.1. The van der Waals surface area contributed by atoms with Crippen molar-refractivity contribution in [1.29, 1.82) is 0 Å². The fourth-order valence-electron chi connectivity index (χ4n) is 2.88. The molecule has 2 N–H and O–H groups in total. The Hall–Kier alpha value is -1.10. The van der Waals surface area contributed by atoms with Gasteiger partial charge in [0.1, 0.15) is 0 Å². The van der Waals surface area contributed by atoms with Crippen LogP contribution in [0.3, 0.4) is 0 Å².